The molecule has 5 rings (SSSR count). The van der Waals surface area contributed by atoms with Gasteiger partial charge < -0.3 is 23.7 Å². The van der Waals surface area contributed by atoms with Crippen molar-refractivity contribution in [2.45, 2.75) is 78.3 Å². The topological polar surface area (TPSA) is 152 Å². The first kappa shape index (κ1) is 36.3. The molecule has 0 saturated heterocycles. The van der Waals surface area contributed by atoms with Gasteiger partial charge in [-0.05, 0) is 34.9 Å². The van der Waals surface area contributed by atoms with Crippen molar-refractivity contribution < 1.29 is 24.2 Å². The maximum Gasteiger partial charge on any atom is 0.339 e. The second-order valence-electron chi connectivity index (χ2n) is 13.6. The predicted molar refractivity (Wildman–Crippen MR) is 190 cm³/mol. The molecular formula is C31H43BrN8O5Si2. The summed E-state index contributed by atoms with van der Waals surface area (Å²) >= 11 is 3.27. The van der Waals surface area contributed by atoms with Gasteiger partial charge in [-0.25, -0.2) is 24.7 Å². The van der Waals surface area contributed by atoms with E-state index in [9.17, 15) is 14.7 Å². The van der Waals surface area contributed by atoms with Gasteiger partial charge in [-0.1, -0.05) is 39.3 Å². The standard InChI is InChI=1S/C18H25N5O3Si.C13H18BrN3O2Si/c1-5-23-10-13(8-20-23)15-9-19-17-16(21-15)14(18(24)25)11-22(17)12-26-6-7-27(2,3)4;1-20(2,3)5-4-19-9-17-7-10(8-18)12-13(17)15-6-11(14)16-12/h8-11H,5-7,12H2,1-4H3,(H,24,25);6-8H,4-5,9H2,1-3H3. The number of aldehydes is 1. The number of carboxylic acids is 1. The van der Waals surface area contributed by atoms with Crippen LogP contribution in [0.3, 0.4) is 0 Å². The highest BCUT2D eigenvalue weighted by Gasteiger charge is 2.19. The number of carbonyl (C=O) groups excluding carboxylic acids is 1. The molecule has 0 radical (unpaired) electrons. The quantitative estimate of drug-likeness (QED) is 0.0744. The molecule has 0 aliphatic rings. The van der Waals surface area contributed by atoms with Gasteiger partial charge in [0.15, 0.2) is 17.6 Å². The number of nitrogens with zero attached hydrogens (tertiary/aromatic N) is 8. The SMILES string of the molecule is CCn1cc(-c2cnc3c(n2)c(C(=O)O)cn3COCC[Si](C)(C)C)cn1.C[Si](C)(C)CCOCn1cc(C=O)c2nc(Br)cnc21. The lowest BCUT2D eigenvalue weighted by atomic mass is 10.2. The van der Waals surface area contributed by atoms with E-state index in [0.29, 0.717) is 51.5 Å². The molecule has 5 heterocycles. The Kier molecular flexibility index (Phi) is 12.0. The highest BCUT2D eigenvalue weighted by molar-refractivity contribution is 9.10. The summed E-state index contributed by atoms with van der Waals surface area (Å²) in [7, 11) is -2.26. The van der Waals surface area contributed by atoms with Gasteiger partial charge in [-0.3, -0.25) is 9.48 Å². The van der Waals surface area contributed by atoms with E-state index in [1.54, 1.807) is 40.2 Å². The smallest absolute Gasteiger partial charge is 0.339 e. The van der Waals surface area contributed by atoms with Crippen LogP contribution in [-0.4, -0.2) is 85.6 Å². The summed E-state index contributed by atoms with van der Waals surface area (Å²) in [5.74, 6) is -1.03. The molecule has 0 atom stereocenters. The Labute approximate surface area is 284 Å². The van der Waals surface area contributed by atoms with Crippen LogP contribution in [0.5, 0.6) is 0 Å². The molecule has 13 nitrogen and oxygen atoms in total. The highest BCUT2D eigenvalue weighted by atomic mass is 79.9. The van der Waals surface area contributed by atoms with Gasteiger partial charge in [0.2, 0.25) is 0 Å². The molecule has 1 N–H and O–H groups in total. The van der Waals surface area contributed by atoms with Crippen LogP contribution in [-0.2, 0) is 29.5 Å². The van der Waals surface area contributed by atoms with Gasteiger partial charge >= 0.3 is 5.97 Å². The highest BCUT2D eigenvalue weighted by Crippen LogP contribution is 2.23. The Morgan fingerprint density at radius 2 is 1.47 bits per heavy atom. The van der Waals surface area contributed by atoms with E-state index in [4.69, 9.17) is 9.47 Å². The molecule has 0 aliphatic heterocycles. The number of aromatic carboxylic acids is 1. The van der Waals surface area contributed by atoms with Crippen LogP contribution < -0.4 is 0 Å². The molecule has 16 heteroatoms. The van der Waals surface area contributed by atoms with Crippen molar-refractivity contribution in [3.63, 3.8) is 0 Å². The lowest BCUT2D eigenvalue weighted by molar-refractivity contribution is 0.0695. The summed E-state index contributed by atoms with van der Waals surface area (Å²) in [4.78, 5) is 40.3. The number of carboxylic acid groups (broad SMARTS) is 1. The van der Waals surface area contributed by atoms with Crippen LogP contribution in [0, 0.1) is 0 Å². The predicted octanol–water partition coefficient (Wildman–Crippen LogP) is 6.64. The molecule has 0 unspecified atom stereocenters. The summed E-state index contributed by atoms with van der Waals surface area (Å²) in [6, 6.07) is 2.17. The van der Waals surface area contributed by atoms with Crippen molar-refractivity contribution >= 4 is 66.7 Å². The molecule has 0 aliphatic carbocycles. The van der Waals surface area contributed by atoms with Crippen LogP contribution in [0.1, 0.15) is 27.6 Å². The second-order valence-corrected chi connectivity index (χ2v) is 25.6. The van der Waals surface area contributed by atoms with Crippen LogP contribution in [0.15, 0.2) is 41.8 Å². The van der Waals surface area contributed by atoms with Crippen LogP contribution in [0.2, 0.25) is 51.4 Å². The number of hydrogen-bond donors (Lipinski definition) is 1. The number of hydrogen-bond acceptors (Lipinski definition) is 9. The fraction of sp³-hybridized carbons (Fsp3) is 0.452. The van der Waals surface area contributed by atoms with E-state index in [2.05, 4.69) is 80.2 Å². The minimum atomic E-state index is -1.17. The van der Waals surface area contributed by atoms with Crippen molar-refractivity contribution in [3.05, 3.63) is 52.9 Å². The fourth-order valence-electron chi connectivity index (χ4n) is 4.44. The van der Waals surface area contributed by atoms with Crippen molar-refractivity contribution in [1.82, 2.24) is 38.9 Å². The van der Waals surface area contributed by atoms with Crippen molar-refractivity contribution in [2.75, 3.05) is 13.2 Å². The lowest BCUT2D eigenvalue weighted by Gasteiger charge is -2.15. The number of aryl methyl sites for hydroxylation is 1. The summed E-state index contributed by atoms with van der Waals surface area (Å²) in [5.41, 5.74) is 4.19. The lowest BCUT2D eigenvalue weighted by Crippen LogP contribution is -2.22. The van der Waals surface area contributed by atoms with Crippen molar-refractivity contribution in [2.24, 2.45) is 0 Å². The Bertz CT molecular complexity index is 1840. The number of halogens is 1. The molecule has 0 aromatic carbocycles. The number of rotatable bonds is 14. The molecule has 0 fully saturated rings. The first-order chi connectivity index (χ1) is 22.2. The molecule has 47 heavy (non-hydrogen) atoms. The maximum atomic E-state index is 11.7. The minimum Gasteiger partial charge on any atom is -0.478 e. The Balaban J connectivity index is 0.000000223. The normalized spacial score (nSPS) is 12.0. The van der Waals surface area contributed by atoms with Gasteiger partial charge in [0.05, 0.1) is 29.8 Å². The van der Waals surface area contributed by atoms with E-state index < -0.39 is 22.1 Å². The van der Waals surface area contributed by atoms with Crippen LogP contribution >= 0.6 is 15.9 Å². The average Bonchev–Trinajstić information content (AvgIpc) is 3.72. The number of fused-ring (bicyclic) bond motifs is 2. The Hall–Kier alpha value is -3.58. The van der Waals surface area contributed by atoms with Crippen LogP contribution in [0.4, 0.5) is 0 Å². The summed E-state index contributed by atoms with van der Waals surface area (Å²) in [6.07, 6.45) is 10.9. The molecule has 5 aromatic rings. The van der Waals surface area contributed by atoms with Gasteiger partial charge in [0.1, 0.15) is 34.7 Å². The second kappa shape index (κ2) is 15.5. The molecular weight excluding hydrogens is 700 g/mol. The molecule has 0 spiro atoms. The third-order valence-electron chi connectivity index (χ3n) is 7.19. The molecule has 0 amide bonds. The number of aromatic nitrogens is 8. The molecule has 5 aromatic heterocycles. The first-order valence-corrected chi connectivity index (χ1v) is 23.6. The Morgan fingerprint density at radius 1 is 0.872 bits per heavy atom. The zero-order chi connectivity index (χ0) is 34.4. The Morgan fingerprint density at radius 3 is 2.02 bits per heavy atom. The third kappa shape index (κ3) is 9.96. The van der Waals surface area contributed by atoms with Crippen molar-refractivity contribution in [1.29, 1.82) is 0 Å². The maximum absolute atomic E-state index is 11.7. The fourth-order valence-corrected chi connectivity index (χ4v) is 6.23. The minimum absolute atomic E-state index is 0.121. The average molecular weight is 744 g/mol. The van der Waals surface area contributed by atoms with Crippen LogP contribution in [0.25, 0.3) is 33.6 Å². The van der Waals surface area contributed by atoms with E-state index in [1.165, 1.54) is 0 Å². The van der Waals surface area contributed by atoms with E-state index in [-0.39, 0.29) is 12.3 Å². The van der Waals surface area contributed by atoms with E-state index in [0.717, 1.165) is 37.1 Å². The molecule has 0 saturated carbocycles. The summed E-state index contributed by atoms with van der Waals surface area (Å²) in [6.45, 7) is 18.6. The first-order valence-electron chi connectivity index (χ1n) is 15.4. The van der Waals surface area contributed by atoms with E-state index >= 15 is 0 Å². The summed E-state index contributed by atoms with van der Waals surface area (Å²) in [5, 5.41) is 13.8. The monoisotopic (exact) mass is 742 g/mol. The van der Waals surface area contributed by atoms with Gasteiger partial charge in [-0.2, -0.15) is 5.10 Å². The summed E-state index contributed by atoms with van der Waals surface area (Å²) < 4.78 is 17.4. The van der Waals surface area contributed by atoms with Gasteiger partial charge in [0, 0.05) is 60.1 Å². The largest absolute Gasteiger partial charge is 0.478 e. The third-order valence-corrected chi connectivity index (χ3v) is 11.0. The van der Waals surface area contributed by atoms with Crippen molar-refractivity contribution in [3.8, 4) is 11.3 Å². The molecule has 252 valence electrons. The zero-order valence-corrected chi connectivity index (χ0v) is 31.6. The zero-order valence-electron chi connectivity index (χ0n) is 28.0. The number of carbonyl (C=O) groups is 2. The van der Waals surface area contributed by atoms with Gasteiger partial charge in [-0.15, -0.1) is 0 Å². The van der Waals surface area contributed by atoms with Gasteiger partial charge in [0.25, 0.3) is 0 Å². The van der Waals surface area contributed by atoms with E-state index in [1.807, 2.05) is 17.7 Å². The molecule has 0 bridgehead atoms. The number of ether oxygens (including phenoxy) is 2.